The maximum absolute atomic E-state index is 13.7. The van der Waals surface area contributed by atoms with E-state index in [1.807, 2.05) is 6.20 Å². The summed E-state index contributed by atoms with van der Waals surface area (Å²) in [5.74, 6) is -5.69. The van der Waals surface area contributed by atoms with Crippen molar-refractivity contribution in [1.29, 1.82) is 0 Å². The van der Waals surface area contributed by atoms with Crippen LogP contribution >= 0.6 is 0 Å². The molecule has 0 amide bonds. The van der Waals surface area contributed by atoms with Gasteiger partial charge in [-0.3, -0.25) is 9.58 Å². The minimum absolute atomic E-state index is 0.0697. The molecule has 170 valence electrons. The second-order valence-corrected chi connectivity index (χ2v) is 7.05. The Kier molecular flexibility index (Phi) is 6.81. The standard InChI is InChI=1S/C20H20F4N6O2/c21-16-7-17(22)19(24)15(18(16)23)12-32-14-9-25-20(26-10-14)28-13-8-27-30(11-13)2-1-29-3-5-31-6-4-29/h7-11H,1-6,12H2,(H,25,26,28). The molecule has 0 saturated carbocycles. The molecule has 3 heterocycles. The molecule has 32 heavy (non-hydrogen) atoms. The van der Waals surface area contributed by atoms with Crippen molar-refractivity contribution in [3.05, 3.63) is 59.7 Å². The third-order valence-electron chi connectivity index (χ3n) is 4.85. The van der Waals surface area contributed by atoms with Crippen molar-refractivity contribution in [1.82, 2.24) is 24.6 Å². The Bertz CT molecular complexity index is 1030. The van der Waals surface area contributed by atoms with E-state index in [1.165, 1.54) is 12.4 Å². The summed E-state index contributed by atoms with van der Waals surface area (Å²) in [4.78, 5) is 10.4. The maximum atomic E-state index is 13.7. The van der Waals surface area contributed by atoms with Crippen molar-refractivity contribution in [2.45, 2.75) is 13.2 Å². The van der Waals surface area contributed by atoms with Gasteiger partial charge in [-0.2, -0.15) is 5.10 Å². The molecule has 0 bridgehead atoms. The van der Waals surface area contributed by atoms with Crippen LogP contribution in [-0.4, -0.2) is 57.5 Å². The van der Waals surface area contributed by atoms with Crippen LogP contribution in [0.3, 0.4) is 0 Å². The Morgan fingerprint density at radius 1 is 0.969 bits per heavy atom. The van der Waals surface area contributed by atoms with E-state index >= 15 is 0 Å². The summed E-state index contributed by atoms with van der Waals surface area (Å²) in [6, 6.07) is 0.141. The highest BCUT2D eigenvalue weighted by Crippen LogP contribution is 2.21. The Morgan fingerprint density at radius 2 is 1.66 bits per heavy atom. The van der Waals surface area contributed by atoms with Crippen LogP contribution in [0.25, 0.3) is 0 Å². The van der Waals surface area contributed by atoms with Gasteiger partial charge in [0.1, 0.15) is 6.61 Å². The highest BCUT2D eigenvalue weighted by atomic mass is 19.2. The van der Waals surface area contributed by atoms with Crippen molar-refractivity contribution in [3.8, 4) is 5.75 Å². The third kappa shape index (κ3) is 5.32. The van der Waals surface area contributed by atoms with E-state index in [2.05, 4.69) is 25.3 Å². The van der Waals surface area contributed by atoms with Gasteiger partial charge in [0.15, 0.2) is 29.0 Å². The third-order valence-corrected chi connectivity index (χ3v) is 4.85. The lowest BCUT2D eigenvalue weighted by Crippen LogP contribution is -2.38. The number of anilines is 2. The van der Waals surface area contributed by atoms with Crippen molar-refractivity contribution >= 4 is 11.6 Å². The van der Waals surface area contributed by atoms with Gasteiger partial charge in [0.05, 0.1) is 49.6 Å². The van der Waals surface area contributed by atoms with Crippen molar-refractivity contribution in [2.75, 3.05) is 38.2 Å². The SMILES string of the molecule is Fc1cc(F)c(F)c(COc2cnc(Nc3cnn(CCN4CCOCC4)c3)nc2)c1F. The second-order valence-electron chi connectivity index (χ2n) is 7.05. The van der Waals surface area contributed by atoms with Gasteiger partial charge >= 0.3 is 0 Å². The summed E-state index contributed by atoms with van der Waals surface area (Å²) >= 11 is 0. The summed E-state index contributed by atoms with van der Waals surface area (Å²) in [6.07, 6.45) is 5.99. The molecule has 8 nitrogen and oxygen atoms in total. The Labute approximate surface area is 180 Å². The fourth-order valence-corrected chi connectivity index (χ4v) is 3.11. The molecule has 1 N–H and O–H groups in total. The molecule has 1 saturated heterocycles. The largest absolute Gasteiger partial charge is 0.485 e. The van der Waals surface area contributed by atoms with Gasteiger partial charge in [0.25, 0.3) is 0 Å². The van der Waals surface area contributed by atoms with Gasteiger partial charge in [0, 0.05) is 31.9 Å². The highest BCUT2D eigenvalue weighted by molar-refractivity contribution is 5.50. The van der Waals surface area contributed by atoms with E-state index in [0.717, 1.165) is 39.4 Å². The molecule has 0 spiro atoms. The number of rotatable bonds is 8. The first-order valence-electron chi connectivity index (χ1n) is 9.86. The summed E-state index contributed by atoms with van der Waals surface area (Å²) < 4.78 is 66.2. The molecular weight excluding hydrogens is 432 g/mol. The predicted molar refractivity (Wildman–Crippen MR) is 105 cm³/mol. The van der Waals surface area contributed by atoms with Crippen LogP contribution < -0.4 is 10.1 Å². The van der Waals surface area contributed by atoms with Gasteiger partial charge in [-0.25, -0.2) is 27.5 Å². The number of aromatic nitrogens is 4. The minimum atomic E-state index is -1.51. The zero-order chi connectivity index (χ0) is 22.5. The molecule has 1 aromatic carbocycles. The van der Waals surface area contributed by atoms with Crippen LogP contribution in [0, 0.1) is 23.3 Å². The van der Waals surface area contributed by atoms with Crippen LogP contribution in [0.5, 0.6) is 5.75 Å². The second kappa shape index (κ2) is 9.92. The smallest absolute Gasteiger partial charge is 0.227 e. The van der Waals surface area contributed by atoms with E-state index in [0.29, 0.717) is 5.69 Å². The number of morpholine rings is 1. The number of ether oxygens (including phenoxy) is 2. The van der Waals surface area contributed by atoms with Crippen molar-refractivity contribution in [2.24, 2.45) is 0 Å². The highest BCUT2D eigenvalue weighted by Gasteiger charge is 2.19. The number of nitrogens with one attached hydrogen (secondary N) is 1. The maximum Gasteiger partial charge on any atom is 0.227 e. The fraction of sp³-hybridized carbons (Fsp3) is 0.350. The molecule has 0 radical (unpaired) electrons. The van der Waals surface area contributed by atoms with E-state index in [-0.39, 0.29) is 17.8 Å². The molecule has 1 fully saturated rings. The zero-order valence-corrected chi connectivity index (χ0v) is 16.9. The number of hydrogen-bond donors (Lipinski definition) is 1. The van der Waals surface area contributed by atoms with Crippen LogP contribution in [0.4, 0.5) is 29.2 Å². The van der Waals surface area contributed by atoms with Gasteiger partial charge in [-0.05, 0) is 0 Å². The van der Waals surface area contributed by atoms with Crippen LogP contribution in [0.2, 0.25) is 0 Å². The van der Waals surface area contributed by atoms with Gasteiger partial charge in [0.2, 0.25) is 5.95 Å². The summed E-state index contributed by atoms with van der Waals surface area (Å²) in [6.45, 7) is 4.16. The number of nitrogens with zero attached hydrogens (tertiary/aromatic N) is 5. The lowest BCUT2D eigenvalue weighted by atomic mass is 10.2. The molecule has 0 unspecified atom stereocenters. The minimum Gasteiger partial charge on any atom is -0.485 e. The average Bonchev–Trinajstić information content (AvgIpc) is 3.25. The van der Waals surface area contributed by atoms with Crippen molar-refractivity contribution in [3.63, 3.8) is 0 Å². The van der Waals surface area contributed by atoms with Crippen LogP contribution in [0.1, 0.15) is 5.56 Å². The summed E-state index contributed by atoms with van der Waals surface area (Å²) in [5.41, 5.74) is -0.172. The number of hydrogen-bond acceptors (Lipinski definition) is 7. The van der Waals surface area contributed by atoms with E-state index in [1.54, 1.807) is 10.9 Å². The lowest BCUT2D eigenvalue weighted by Gasteiger charge is -2.26. The topological polar surface area (TPSA) is 77.3 Å². The average molecular weight is 452 g/mol. The quantitative estimate of drug-likeness (QED) is 0.416. The van der Waals surface area contributed by atoms with Gasteiger partial charge in [-0.1, -0.05) is 0 Å². The van der Waals surface area contributed by atoms with Crippen molar-refractivity contribution < 1.29 is 27.0 Å². The Balaban J connectivity index is 1.30. The molecule has 12 heteroatoms. The molecule has 0 atom stereocenters. The monoisotopic (exact) mass is 452 g/mol. The Hall–Kier alpha value is -3.25. The lowest BCUT2D eigenvalue weighted by molar-refractivity contribution is 0.0360. The van der Waals surface area contributed by atoms with Gasteiger partial charge in [-0.15, -0.1) is 0 Å². The molecule has 1 aliphatic heterocycles. The normalized spacial score (nSPS) is 14.5. The molecule has 2 aromatic heterocycles. The first-order valence-corrected chi connectivity index (χ1v) is 9.86. The molecule has 4 rings (SSSR count). The van der Waals surface area contributed by atoms with Crippen LogP contribution in [0.15, 0.2) is 30.9 Å². The first-order chi connectivity index (χ1) is 15.5. The summed E-state index contributed by atoms with van der Waals surface area (Å²) in [7, 11) is 0. The van der Waals surface area contributed by atoms with Gasteiger partial charge < -0.3 is 14.8 Å². The van der Waals surface area contributed by atoms with E-state index < -0.39 is 35.4 Å². The van der Waals surface area contributed by atoms with E-state index in [4.69, 9.17) is 9.47 Å². The van der Waals surface area contributed by atoms with Crippen LogP contribution in [-0.2, 0) is 17.9 Å². The van der Waals surface area contributed by atoms with E-state index in [9.17, 15) is 17.6 Å². The number of benzene rings is 1. The fourth-order valence-electron chi connectivity index (χ4n) is 3.11. The predicted octanol–water partition coefficient (Wildman–Crippen LogP) is 2.88. The first kappa shape index (κ1) is 22.0. The Morgan fingerprint density at radius 3 is 2.34 bits per heavy atom. The molecule has 1 aliphatic rings. The molecule has 3 aromatic rings. The summed E-state index contributed by atoms with van der Waals surface area (Å²) in [5, 5.41) is 7.27. The molecule has 0 aliphatic carbocycles. The zero-order valence-electron chi connectivity index (χ0n) is 16.9. The molecular formula is C20H20F4N6O2. The number of halogens is 4.